The van der Waals surface area contributed by atoms with Gasteiger partial charge in [-0.25, -0.2) is 5.57 Å². The number of rotatable bonds is 4. The van der Waals surface area contributed by atoms with Crippen molar-refractivity contribution in [2.45, 2.75) is 26.7 Å². The second kappa shape index (κ2) is 17.0. The normalized spacial score (nSPS) is 16.0. The molecule has 25 heavy (non-hydrogen) atoms. The molecule has 1 nitrogen and oxygen atoms in total. The minimum Gasteiger partial charge on any atom is -0.904 e. The molecule has 1 aromatic carbocycles. The molecular formula is C23H25NZr. The smallest absolute Gasteiger partial charge is 0.904 e. The zero-order chi connectivity index (χ0) is 17.5. The molecule has 2 aliphatic carbocycles. The Balaban J connectivity index is 0.000000425. The zero-order valence-corrected chi connectivity index (χ0v) is 17.5. The molecular weight excluding hydrogens is 381 g/mol. The minimum atomic E-state index is 0. The molecule has 10 radical (unpaired) electrons. The van der Waals surface area contributed by atoms with Crippen molar-refractivity contribution in [1.29, 1.82) is 0 Å². The summed E-state index contributed by atoms with van der Waals surface area (Å²) in [4.78, 5) is 0. The van der Waals surface area contributed by atoms with E-state index in [0.29, 0.717) is 5.71 Å². The van der Waals surface area contributed by atoms with Crippen molar-refractivity contribution in [2.24, 2.45) is 0 Å². The van der Waals surface area contributed by atoms with Crippen LogP contribution in [0.1, 0.15) is 32.3 Å². The molecule has 2 fully saturated rings. The molecule has 0 amide bonds. The Labute approximate surface area is 175 Å². The van der Waals surface area contributed by atoms with E-state index in [9.17, 15) is 5.41 Å². The SMILES string of the molecule is CC[C-]=C(CC)C(=[N-])c1ccccc1.[CH]1[CH][CH][CH][CH]1.[CH]1[CH][CH][CH][CH]1.[Zr+2]. The molecule has 0 atom stereocenters. The van der Waals surface area contributed by atoms with Gasteiger partial charge in [0.1, 0.15) is 0 Å². The Morgan fingerprint density at radius 1 is 0.760 bits per heavy atom. The molecule has 3 rings (SSSR count). The molecule has 0 unspecified atom stereocenters. The van der Waals surface area contributed by atoms with Crippen molar-refractivity contribution in [2.75, 3.05) is 0 Å². The Bertz CT molecular complexity index is 431. The first kappa shape index (κ1) is 24.5. The van der Waals surface area contributed by atoms with Gasteiger partial charge in [-0.1, -0.05) is 50.6 Å². The van der Waals surface area contributed by atoms with E-state index in [-0.39, 0.29) is 26.2 Å². The van der Waals surface area contributed by atoms with Crippen LogP contribution in [0.2, 0.25) is 0 Å². The van der Waals surface area contributed by atoms with E-state index in [1.54, 1.807) is 0 Å². The molecule has 2 heteroatoms. The van der Waals surface area contributed by atoms with E-state index in [1.165, 1.54) is 0 Å². The maximum atomic E-state index is 9.93. The zero-order valence-electron chi connectivity index (χ0n) is 15.0. The summed E-state index contributed by atoms with van der Waals surface area (Å²) in [6.45, 7) is 4.05. The van der Waals surface area contributed by atoms with Crippen molar-refractivity contribution >= 4 is 5.71 Å². The second-order valence-electron chi connectivity index (χ2n) is 5.00. The molecule has 126 valence electrons. The number of nitrogens with zero attached hydrogens (tertiary/aromatic N) is 1. The van der Waals surface area contributed by atoms with Crippen LogP contribution in [0.4, 0.5) is 0 Å². The van der Waals surface area contributed by atoms with Gasteiger partial charge >= 0.3 is 26.2 Å². The summed E-state index contributed by atoms with van der Waals surface area (Å²) in [6.07, 6.45) is 24.8. The second-order valence-corrected chi connectivity index (χ2v) is 5.00. The van der Waals surface area contributed by atoms with E-state index < -0.39 is 0 Å². The molecule has 0 aromatic heterocycles. The van der Waals surface area contributed by atoms with E-state index in [0.717, 1.165) is 24.0 Å². The Hall–Kier alpha value is -0.487. The van der Waals surface area contributed by atoms with Gasteiger partial charge in [0.05, 0.1) is 0 Å². The van der Waals surface area contributed by atoms with E-state index in [1.807, 2.05) is 108 Å². The summed E-state index contributed by atoms with van der Waals surface area (Å²) >= 11 is 0. The van der Waals surface area contributed by atoms with Crippen molar-refractivity contribution in [1.82, 2.24) is 0 Å². The molecule has 1 aromatic rings. The largest absolute Gasteiger partial charge is 2.00 e. The van der Waals surface area contributed by atoms with Gasteiger partial charge in [0, 0.05) is 0 Å². The number of benzene rings is 1. The van der Waals surface area contributed by atoms with Crippen LogP contribution in [0, 0.1) is 70.3 Å². The fraction of sp³-hybridized carbons (Fsp3) is 0.174. The van der Waals surface area contributed by atoms with Gasteiger partial charge in [0.15, 0.2) is 0 Å². The molecule has 0 aliphatic heterocycles. The first-order valence-electron chi connectivity index (χ1n) is 8.34. The van der Waals surface area contributed by atoms with Crippen LogP contribution in [-0.2, 0) is 26.2 Å². The predicted molar refractivity (Wildman–Crippen MR) is 104 cm³/mol. The maximum Gasteiger partial charge on any atom is 2.00 e. The maximum absolute atomic E-state index is 9.93. The summed E-state index contributed by atoms with van der Waals surface area (Å²) in [5, 5.41) is 9.93. The fourth-order valence-corrected chi connectivity index (χ4v) is 2.00. The first-order chi connectivity index (χ1) is 11.8. The van der Waals surface area contributed by atoms with Crippen LogP contribution in [0.3, 0.4) is 0 Å². The minimum absolute atomic E-state index is 0. The van der Waals surface area contributed by atoms with Gasteiger partial charge in [-0.3, -0.25) is 6.08 Å². The molecule has 2 saturated carbocycles. The van der Waals surface area contributed by atoms with Crippen LogP contribution in [-0.4, -0.2) is 5.71 Å². The molecule has 0 spiro atoms. The summed E-state index contributed by atoms with van der Waals surface area (Å²) in [5.74, 6) is 0. The molecule has 0 saturated heterocycles. The third kappa shape index (κ3) is 11.7. The molecule has 2 aliphatic rings. The average molecular weight is 407 g/mol. The summed E-state index contributed by atoms with van der Waals surface area (Å²) < 4.78 is 0. The van der Waals surface area contributed by atoms with Gasteiger partial charge < -0.3 is 11.1 Å². The van der Waals surface area contributed by atoms with Crippen molar-refractivity contribution in [3.05, 3.63) is 117 Å². The number of allylic oxidation sites excluding steroid dienone is 2. The van der Waals surface area contributed by atoms with Gasteiger partial charge in [-0.2, -0.15) is 0 Å². The Morgan fingerprint density at radius 2 is 1.16 bits per heavy atom. The average Bonchev–Trinajstić information content (AvgIpc) is 3.38. The van der Waals surface area contributed by atoms with Crippen LogP contribution >= 0.6 is 0 Å². The third-order valence-corrected chi connectivity index (χ3v) is 3.19. The van der Waals surface area contributed by atoms with E-state index >= 15 is 0 Å². The topological polar surface area (TPSA) is 22.3 Å². The van der Waals surface area contributed by atoms with Gasteiger partial charge in [0.2, 0.25) is 0 Å². The molecule has 0 heterocycles. The van der Waals surface area contributed by atoms with Crippen LogP contribution in [0.25, 0.3) is 5.41 Å². The van der Waals surface area contributed by atoms with E-state index in [4.69, 9.17) is 0 Å². The molecule has 0 bridgehead atoms. The van der Waals surface area contributed by atoms with Crippen LogP contribution in [0.15, 0.2) is 35.9 Å². The first-order valence-corrected chi connectivity index (χ1v) is 8.34. The summed E-state index contributed by atoms with van der Waals surface area (Å²) in [6, 6.07) is 9.59. The van der Waals surface area contributed by atoms with E-state index in [2.05, 4.69) is 6.08 Å². The van der Waals surface area contributed by atoms with Crippen molar-refractivity contribution < 1.29 is 26.2 Å². The number of hydrogen-bond acceptors (Lipinski definition) is 0. The quantitative estimate of drug-likeness (QED) is 0.456. The number of hydrogen-bond donors (Lipinski definition) is 0. The summed E-state index contributed by atoms with van der Waals surface area (Å²) in [7, 11) is 0. The van der Waals surface area contributed by atoms with Crippen LogP contribution in [0.5, 0.6) is 0 Å². The van der Waals surface area contributed by atoms with Crippen LogP contribution < -0.4 is 0 Å². The van der Waals surface area contributed by atoms with Crippen molar-refractivity contribution in [3.63, 3.8) is 0 Å². The van der Waals surface area contributed by atoms with Gasteiger partial charge in [-0.15, -0.1) is 12.0 Å². The van der Waals surface area contributed by atoms with Crippen molar-refractivity contribution in [3.8, 4) is 0 Å². The monoisotopic (exact) mass is 405 g/mol. The Morgan fingerprint density at radius 3 is 1.48 bits per heavy atom. The standard InChI is InChI=1S/C13H15N.2C5H5.Zr/c1-3-8-11(4-2)13(14)12-9-6-5-7-10-12;2*1-2-4-5-3-1;/h5-7,9-10H,3-4H2,1-2H3;2*1-5H;/q-2;;;+2. The predicted octanol–water partition coefficient (Wildman–Crippen LogP) is 5.64. The third-order valence-electron chi connectivity index (χ3n) is 3.19. The fourth-order valence-electron chi connectivity index (χ4n) is 2.00. The van der Waals surface area contributed by atoms with Gasteiger partial charge in [0.25, 0.3) is 0 Å². The Kier molecular flexibility index (Phi) is 16.6. The summed E-state index contributed by atoms with van der Waals surface area (Å²) in [5.41, 5.74) is 2.12. The van der Waals surface area contributed by atoms with Gasteiger partial charge in [-0.05, 0) is 64.2 Å². The molecule has 0 N–H and O–H groups in total.